The predicted molar refractivity (Wildman–Crippen MR) is 84.5 cm³/mol. The number of benzene rings is 1. The van der Waals surface area contributed by atoms with Crippen molar-refractivity contribution >= 4 is 25.5 Å². The van der Waals surface area contributed by atoms with Crippen molar-refractivity contribution in [3.63, 3.8) is 0 Å². The molecule has 8 nitrogen and oxygen atoms in total. The molecular weight excluding hydrogens is 344 g/mol. The lowest BCUT2D eigenvalue weighted by Gasteiger charge is -2.25. The van der Waals surface area contributed by atoms with Crippen LogP contribution in [0.25, 0.3) is 0 Å². The highest BCUT2D eigenvalue weighted by Gasteiger charge is 2.38. The maximum absolute atomic E-state index is 12.8. The summed E-state index contributed by atoms with van der Waals surface area (Å²) in [6.07, 6.45) is 0.239. The third-order valence-electron chi connectivity index (χ3n) is 3.91. The van der Waals surface area contributed by atoms with Gasteiger partial charge in [0.05, 0.1) is 21.3 Å². The van der Waals surface area contributed by atoms with Gasteiger partial charge in [0.2, 0.25) is 10.0 Å². The van der Waals surface area contributed by atoms with Gasteiger partial charge in [0.15, 0.2) is 9.84 Å². The molecule has 1 heterocycles. The Kier molecular flexibility index (Phi) is 4.79. The summed E-state index contributed by atoms with van der Waals surface area (Å²) in [6.45, 7) is 3.24. The molecule has 1 aliphatic heterocycles. The van der Waals surface area contributed by atoms with E-state index in [0.717, 1.165) is 10.4 Å². The highest BCUT2D eigenvalue weighted by atomic mass is 32.2. The highest BCUT2D eigenvalue weighted by molar-refractivity contribution is 7.92. The summed E-state index contributed by atoms with van der Waals surface area (Å²) in [6, 6.07) is 3.08. The van der Waals surface area contributed by atoms with E-state index in [0.29, 0.717) is 5.56 Å². The molecule has 0 aromatic heterocycles. The van der Waals surface area contributed by atoms with Crippen LogP contribution >= 0.6 is 0 Å². The average molecular weight is 362 g/mol. The standard InChI is InChI=1S/C13H18N2O6S2/c1-3-14(11-6-7-22(18,19)9-11)23(20,21)12-5-4-10(2)13(8-12)15(16)17/h4-5,8,11H,3,6-7,9H2,1-2H3/t11-/m0/s1. The molecule has 1 aliphatic rings. The number of hydrogen-bond acceptors (Lipinski definition) is 6. The molecule has 1 fully saturated rings. The Morgan fingerprint density at radius 1 is 1.39 bits per heavy atom. The fourth-order valence-corrected chi connectivity index (χ4v) is 6.22. The van der Waals surface area contributed by atoms with Gasteiger partial charge in [0, 0.05) is 24.2 Å². The van der Waals surface area contributed by atoms with Crippen molar-refractivity contribution in [2.24, 2.45) is 0 Å². The van der Waals surface area contributed by atoms with Crippen molar-refractivity contribution < 1.29 is 21.8 Å². The smallest absolute Gasteiger partial charge is 0.258 e. The topological polar surface area (TPSA) is 115 Å². The monoisotopic (exact) mass is 362 g/mol. The van der Waals surface area contributed by atoms with E-state index in [9.17, 15) is 26.9 Å². The summed E-state index contributed by atoms with van der Waals surface area (Å²) < 4.78 is 49.8. The van der Waals surface area contributed by atoms with Crippen LogP contribution in [0.4, 0.5) is 5.69 Å². The van der Waals surface area contributed by atoms with Crippen LogP contribution < -0.4 is 0 Å². The SMILES string of the molecule is CCN([C@H]1CCS(=O)(=O)C1)S(=O)(=O)c1ccc(C)c([N+](=O)[O-])c1. The van der Waals surface area contributed by atoms with E-state index in [2.05, 4.69) is 0 Å². The zero-order valence-electron chi connectivity index (χ0n) is 12.8. The van der Waals surface area contributed by atoms with Gasteiger partial charge in [-0.05, 0) is 19.4 Å². The van der Waals surface area contributed by atoms with Crippen LogP contribution in [0.15, 0.2) is 23.1 Å². The molecule has 0 spiro atoms. The fourth-order valence-electron chi connectivity index (χ4n) is 2.71. The van der Waals surface area contributed by atoms with E-state index in [-0.39, 0.29) is 35.1 Å². The first kappa shape index (κ1) is 17.8. The third-order valence-corrected chi connectivity index (χ3v) is 7.69. The number of aryl methyl sites for hydroxylation is 1. The molecule has 10 heteroatoms. The predicted octanol–water partition coefficient (Wildman–Crippen LogP) is 1.10. The Hall–Kier alpha value is -1.52. The van der Waals surface area contributed by atoms with E-state index >= 15 is 0 Å². The Balaban J connectivity index is 2.44. The normalized spacial score (nSPS) is 20.7. The Morgan fingerprint density at radius 3 is 2.52 bits per heavy atom. The minimum Gasteiger partial charge on any atom is -0.258 e. The van der Waals surface area contributed by atoms with E-state index in [1.165, 1.54) is 19.1 Å². The summed E-state index contributed by atoms with van der Waals surface area (Å²) in [5.74, 6) is -0.258. The molecule has 0 N–H and O–H groups in total. The first-order valence-corrected chi connectivity index (χ1v) is 10.3. The van der Waals surface area contributed by atoms with Crippen LogP contribution in [0.2, 0.25) is 0 Å². The molecule has 1 saturated heterocycles. The van der Waals surface area contributed by atoms with Gasteiger partial charge in [0.25, 0.3) is 5.69 Å². The molecule has 1 aromatic carbocycles. The molecule has 2 rings (SSSR count). The van der Waals surface area contributed by atoms with Crippen LogP contribution in [0.3, 0.4) is 0 Å². The highest BCUT2D eigenvalue weighted by Crippen LogP contribution is 2.28. The molecule has 1 aromatic rings. The Labute approximate surface area is 135 Å². The number of nitro benzene ring substituents is 1. The molecule has 0 amide bonds. The van der Waals surface area contributed by atoms with Gasteiger partial charge in [-0.2, -0.15) is 4.31 Å². The lowest BCUT2D eigenvalue weighted by molar-refractivity contribution is -0.385. The number of sulfonamides is 1. The van der Waals surface area contributed by atoms with Crippen LogP contribution in [-0.4, -0.2) is 50.2 Å². The molecule has 1 atom stereocenters. The second-order valence-electron chi connectivity index (χ2n) is 5.47. The Bertz CT molecular complexity index is 832. The van der Waals surface area contributed by atoms with Gasteiger partial charge in [0.1, 0.15) is 0 Å². The first-order chi connectivity index (χ1) is 10.6. The second kappa shape index (κ2) is 6.17. The molecule has 0 radical (unpaired) electrons. The van der Waals surface area contributed by atoms with E-state index in [1.807, 2.05) is 0 Å². The van der Waals surface area contributed by atoms with Gasteiger partial charge in [-0.15, -0.1) is 0 Å². The van der Waals surface area contributed by atoms with Crippen LogP contribution in [-0.2, 0) is 19.9 Å². The lowest BCUT2D eigenvalue weighted by Crippen LogP contribution is -2.40. The molecule has 0 saturated carbocycles. The van der Waals surface area contributed by atoms with E-state index < -0.39 is 30.8 Å². The quantitative estimate of drug-likeness (QED) is 0.572. The summed E-state index contributed by atoms with van der Waals surface area (Å²) in [4.78, 5) is 10.2. The number of hydrogen-bond donors (Lipinski definition) is 0. The zero-order valence-corrected chi connectivity index (χ0v) is 14.4. The number of rotatable bonds is 5. The minimum absolute atomic E-state index is 0.0439. The van der Waals surface area contributed by atoms with Crippen molar-refractivity contribution in [2.75, 3.05) is 18.1 Å². The molecule has 0 bridgehead atoms. The summed E-state index contributed by atoms with van der Waals surface area (Å²) in [5, 5.41) is 11.0. The summed E-state index contributed by atoms with van der Waals surface area (Å²) in [5.41, 5.74) is 0.0848. The van der Waals surface area contributed by atoms with Gasteiger partial charge in [-0.1, -0.05) is 13.0 Å². The summed E-state index contributed by atoms with van der Waals surface area (Å²) >= 11 is 0. The average Bonchev–Trinajstić information content (AvgIpc) is 2.79. The molecule has 128 valence electrons. The fraction of sp³-hybridized carbons (Fsp3) is 0.538. The number of sulfone groups is 1. The van der Waals surface area contributed by atoms with Gasteiger partial charge < -0.3 is 0 Å². The maximum atomic E-state index is 12.8. The van der Waals surface area contributed by atoms with Crippen molar-refractivity contribution in [3.05, 3.63) is 33.9 Å². The van der Waals surface area contributed by atoms with Gasteiger partial charge in [-0.3, -0.25) is 10.1 Å². The van der Waals surface area contributed by atoms with Crippen LogP contribution in [0.5, 0.6) is 0 Å². The molecular formula is C13H18N2O6S2. The molecule has 0 unspecified atom stereocenters. The molecule has 0 aliphatic carbocycles. The largest absolute Gasteiger partial charge is 0.273 e. The van der Waals surface area contributed by atoms with E-state index in [1.54, 1.807) is 6.92 Å². The van der Waals surface area contributed by atoms with Crippen LogP contribution in [0.1, 0.15) is 18.9 Å². The van der Waals surface area contributed by atoms with Crippen molar-refractivity contribution in [2.45, 2.75) is 31.2 Å². The van der Waals surface area contributed by atoms with Gasteiger partial charge in [-0.25, -0.2) is 16.8 Å². The zero-order chi connectivity index (χ0) is 17.4. The van der Waals surface area contributed by atoms with E-state index in [4.69, 9.17) is 0 Å². The van der Waals surface area contributed by atoms with Gasteiger partial charge >= 0.3 is 0 Å². The van der Waals surface area contributed by atoms with Crippen molar-refractivity contribution in [1.29, 1.82) is 0 Å². The third kappa shape index (κ3) is 3.54. The lowest BCUT2D eigenvalue weighted by atomic mass is 10.2. The Morgan fingerprint density at radius 2 is 2.04 bits per heavy atom. The maximum Gasteiger partial charge on any atom is 0.273 e. The second-order valence-corrected chi connectivity index (χ2v) is 9.59. The molecule has 23 heavy (non-hydrogen) atoms. The van der Waals surface area contributed by atoms with Crippen molar-refractivity contribution in [3.8, 4) is 0 Å². The van der Waals surface area contributed by atoms with Crippen molar-refractivity contribution in [1.82, 2.24) is 4.31 Å². The number of nitro groups is 1. The summed E-state index contributed by atoms with van der Waals surface area (Å²) in [7, 11) is -7.23. The number of nitrogens with zero attached hydrogens (tertiary/aromatic N) is 2. The van der Waals surface area contributed by atoms with Crippen LogP contribution in [0, 0.1) is 17.0 Å². The minimum atomic E-state index is -3.99. The first-order valence-electron chi connectivity index (χ1n) is 7.06.